The van der Waals surface area contributed by atoms with Crippen LogP contribution in [0.4, 0.5) is 0 Å². The van der Waals surface area contributed by atoms with Crippen molar-refractivity contribution < 1.29 is 4.80 Å². The number of rotatable bonds is 2. The van der Waals surface area contributed by atoms with E-state index in [9.17, 15) is 4.80 Å². The highest BCUT2D eigenvalue weighted by Gasteiger charge is 2.36. The summed E-state index contributed by atoms with van der Waals surface area (Å²) in [6, 6.07) is 8.50. The second-order valence-corrected chi connectivity index (χ2v) is 9.42. The summed E-state index contributed by atoms with van der Waals surface area (Å²) < 4.78 is 0. The van der Waals surface area contributed by atoms with Crippen molar-refractivity contribution in [2.24, 2.45) is 5.92 Å². The second kappa shape index (κ2) is 3.86. The van der Waals surface area contributed by atoms with Crippen molar-refractivity contribution in [3.05, 3.63) is 41.5 Å². The van der Waals surface area contributed by atoms with E-state index in [-0.39, 0.29) is 5.54 Å². The zero-order valence-electron chi connectivity index (χ0n) is 10.5. The van der Waals surface area contributed by atoms with E-state index in [0.29, 0.717) is 5.92 Å². The van der Waals surface area contributed by atoms with Gasteiger partial charge in [-0.1, -0.05) is 44.2 Å². The summed E-state index contributed by atoms with van der Waals surface area (Å²) in [6.45, 7) is 8.48. The summed E-state index contributed by atoms with van der Waals surface area (Å²) >= 11 is 0. The van der Waals surface area contributed by atoms with Gasteiger partial charge in [-0.05, 0) is 35.7 Å². The Morgan fingerprint density at radius 2 is 1.81 bits per heavy atom. The lowest BCUT2D eigenvalue weighted by atomic mass is 9.97. The Kier molecular flexibility index (Phi) is 2.80. The smallest absolute Gasteiger partial charge is 0.193 e. The Labute approximate surface area is 99.0 Å². The molecule has 1 N–H and O–H groups in total. The lowest BCUT2D eigenvalue weighted by Crippen LogP contribution is -2.33. The largest absolute Gasteiger partial charge is 0.431 e. The third-order valence-electron chi connectivity index (χ3n) is 3.34. The highest BCUT2D eigenvalue weighted by atomic mass is 28.4. The van der Waals surface area contributed by atoms with E-state index < -0.39 is 8.32 Å². The summed E-state index contributed by atoms with van der Waals surface area (Å²) in [4.78, 5) is 10.4. The van der Waals surface area contributed by atoms with Gasteiger partial charge in [0.05, 0.1) is 0 Å². The molecule has 0 radical (unpaired) electrons. The molecule has 0 spiro atoms. The second-order valence-electron chi connectivity index (χ2n) is 5.50. The molecule has 0 fully saturated rings. The average molecular weight is 232 g/mol. The molecule has 0 aromatic heterocycles. The number of hydrogen-bond donors (Lipinski definition) is 1. The Hall–Kier alpha value is -0.863. The highest BCUT2D eigenvalue weighted by molar-refractivity contribution is 6.72. The molecule has 2 rings (SSSR count). The van der Waals surface area contributed by atoms with Crippen molar-refractivity contribution in [1.29, 1.82) is 0 Å². The molecule has 1 unspecified atom stereocenters. The van der Waals surface area contributed by atoms with Gasteiger partial charge < -0.3 is 4.80 Å². The first-order chi connectivity index (χ1) is 7.41. The van der Waals surface area contributed by atoms with Gasteiger partial charge in [0.25, 0.3) is 0 Å². The summed E-state index contributed by atoms with van der Waals surface area (Å²) in [7, 11) is -2.14. The molecule has 0 bridgehead atoms. The molecule has 1 aliphatic carbocycles. The van der Waals surface area contributed by atoms with Crippen LogP contribution in [0.15, 0.2) is 30.3 Å². The fourth-order valence-corrected chi connectivity index (χ4v) is 4.08. The van der Waals surface area contributed by atoms with E-state index in [1.54, 1.807) is 0 Å². The molecule has 16 heavy (non-hydrogen) atoms. The monoisotopic (exact) mass is 232 g/mol. The van der Waals surface area contributed by atoms with E-state index in [0.717, 1.165) is 0 Å². The fraction of sp³-hybridized carbons (Fsp3) is 0.429. The highest BCUT2D eigenvalue weighted by Crippen LogP contribution is 2.42. The first-order valence-corrected chi connectivity index (χ1v) is 8.97. The molecule has 1 atom stereocenters. The van der Waals surface area contributed by atoms with Crippen LogP contribution in [-0.4, -0.2) is 13.1 Å². The van der Waals surface area contributed by atoms with Crippen molar-refractivity contribution in [1.82, 2.24) is 0 Å². The first kappa shape index (κ1) is 11.6. The third kappa shape index (κ3) is 1.87. The van der Waals surface area contributed by atoms with Crippen LogP contribution in [-0.2, 0) is 0 Å². The zero-order valence-corrected chi connectivity index (χ0v) is 11.5. The molecule has 0 amide bonds. The number of hydrogen-bond acceptors (Lipinski definition) is 1. The summed E-state index contributed by atoms with van der Waals surface area (Å²) in [5.74, 6) is 0.530. The van der Waals surface area contributed by atoms with Crippen molar-refractivity contribution >= 4 is 13.9 Å². The number of allylic oxidation sites excluding steroid dienone is 2. The van der Waals surface area contributed by atoms with Crippen LogP contribution in [0.3, 0.4) is 0 Å². The van der Waals surface area contributed by atoms with Gasteiger partial charge in [0.2, 0.25) is 0 Å². The SMILES string of the molecule is CC(C)C1=CC([Si](C)(C)O)c2ccccc21. The molecule has 1 aromatic carbocycles. The minimum atomic E-state index is -2.14. The van der Waals surface area contributed by atoms with Gasteiger partial charge in [-0.2, -0.15) is 0 Å². The van der Waals surface area contributed by atoms with Gasteiger partial charge >= 0.3 is 0 Å². The van der Waals surface area contributed by atoms with E-state index >= 15 is 0 Å². The molecular formula is C14H20OSi. The lowest BCUT2D eigenvalue weighted by Gasteiger charge is -2.22. The van der Waals surface area contributed by atoms with Crippen LogP contribution in [0.5, 0.6) is 0 Å². The Morgan fingerprint density at radius 1 is 1.19 bits per heavy atom. The Balaban J connectivity index is 2.53. The third-order valence-corrected chi connectivity index (χ3v) is 5.34. The first-order valence-electron chi connectivity index (χ1n) is 5.94. The van der Waals surface area contributed by atoms with Crippen molar-refractivity contribution in [2.75, 3.05) is 0 Å². The normalized spacial score (nSPS) is 19.9. The topological polar surface area (TPSA) is 20.2 Å². The van der Waals surface area contributed by atoms with Crippen molar-refractivity contribution in [2.45, 2.75) is 32.5 Å². The van der Waals surface area contributed by atoms with Crippen LogP contribution in [0.2, 0.25) is 13.1 Å². The van der Waals surface area contributed by atoms with E-state index in [4.69, 9.17) is 0 Å². The van der Waals surface area contributed by atoms with Crippen LogP contribution < -0.4 is 0 Å². The van der Waals surface area contributed by atoms with Gasteiger partial charge in [0.15, 0.2) is 8.32 Å². The van der Waals surface area contributed by atoms with Gasteiger partial charge in [0.1, 0.15) is 0 Å². The maximum atomic E-state index is 10.4. The predicted octanol–water partition coefficient (Wildman–Crippen LogP) is 3.56. The van der Waals surface area contributed by atoms with E-state index in [2.05, 4.69) is 44.2 Å². The minimum Gasteiger partial charge on any atom is -0.431 e. The van der Waals surface area contributed by atoms with E-state index in [1.807, 2.05) is 13.1 Å². The van der Waals surface area contributed by atoms with Crippen LogP contribution in [0, 0.1) is 5.92 Å². The average Bonchev–Trinajstić information content (AvgIpc) is 2.56. The quantitative estimate of drug-likeness (QED) is 0.773. The Bertz CT molecular complexity index is 427. The van der Waals surface area contributed by atoms with Crippen molar-refractivity contribution in [3.63, 3.8) is 0 Å². The molecule has 0 aliphatic heterocycles. The van der Waals surface area contributed by atoms with Gasteiger partial charge in [-0.15, -0.1) is 0 Å². The molecule has 0 saturated carbocycles. The van der Waals surface area contributed by atoms with Crippen LogP contribution >= 0.6 is 0 Å². The van der Waals surface area contributed by atoms with Gasteiger partial charge in [0, 0.05) is 5.54 Å². The van der Waals surface area contributed by atoms with Crippen LogP contribution in [0.25, 0.3) is 5.57 Å². The summed E-state index contributed by atoms with van der Waals surface area (Å²) in [5.41, 5.74) is 4.33. The van der Waals surface area contributed by atoms with E-state index in [1.165, 1.54) is 16.7 Å². The summed E-state index contributed by atoms with van der Waals surface area (Å²) in [6.07, 6.45) is 2.29. The maximum Gasteiger partial charge on any atom is 0.193 e. The molecular weight excluding hydrogens is 212 g/mol. The molecule has 0 heterocycles. The molecule has 1 aromatic rings. The molecule has 1 aliphatic rings. The molecule has 86 valence electrons. The Morgan fingerprint density at radius 3 is 2.38 bits per heavy atom. The van der Waals surface area contributed by atoms with Crippen molar-refractivity contribution in [3.8, 4) is 0 Å². The molecule has 1 nitrogen and oxygen atoms in total. The zero-order chi connectivity index (χ0) is 11.9. The molecule has 0 saturated heterocycles. The summed E-state index contributed by atoms with van der Waals surface area (Å²) in [5, 5.41) is 0. The number of fused-ring (bicyclic) bond motifs is 1. The number of benzene rings is 1. The molecule has 2 heteroatoms. The standard InChI is InChI=1S/C14H20OSi/c1-10(2)13-9-14(16(3,4)15)12-8-6-5-7-11(12)13/h5-10,14-15H,1-4H3. The van der Waals surface area contributed by atoms with Crippen LogP contribution in [0.1, 0.15) is 30.5 Å². The van der Waals surface area contributed by atoms with Gasteiger partial charge in [-0.25, -0.2) is 0 Å². The lowest BCUT2D eigenvalue weighted by molar-refractivity contribution is 0.540. The maximum absolute atomic E-state index is 10.4. The fourth-order valence-electron chi connectivity index (χ4n) is 2.48. The minimum absolute atomic E-state index is 0.265. The van der Waals surface area contributed by atoms with Gasteiger partial charge in [-0.3, -0.25) is 0 Å². The predicted molar refractivity (Wildman–Crippen MR) is 71.7 cm³/mol.